The average molecular weight is 306 g/mol. The minimum Gasteiger partial charge on any atom is -0.383 e. The van der Waals surface area contributed by atoms with Gasteiger partial charge in [-0.2, -0.15) is 0 Å². The minimum atomic E-state index is -0.0519. The van der Waals surface area contributed by atoms with Crippen molar-refractivity contribution in [2.75, 3.05) is 40.9 Å². The Hall–Kier alpha value is -1.53. The molecule has 1 aliphatic rings. The Balaban J connectivity index is 2.20. The second-order valence-corrected chi connectivity index (χ2v) is 5.97. The molecule has 1 aliphatic heterocycles. The molecule has 0 unspecified atom stereocenters. The molecule has 1 atom stereocenters. The summed E-state index contributed by atoms with van der Waals surface area (Å²) in [5.41, 5.74) is 1.33. The van der Waals surface area contributed by atoms with E-state index in [1.54, 1.807) is 32.3 Å². The van der Waals surface area contributed by atoms with Crippen molar-refractivity contribution in [3.63, 3.8) is 0 Å². The molecule has 2 rings (SSSR count). The number of carbonyl (C=O) groups excluding carboxylic acids is 1. The SMILES string of the molecule is COCCN1CCCC[C@@H]1c1ncc(C(=O)N(C)C)c(C)n1. The molecule has 1 saturated heterocycles. The third-order valence-corrected chi connectivity index (χ3v) is 4.13. The predicted molar refractivity (Wildman–Crippen MR) is 84.8 cm³/mol. The molecule has 22 heavy (non-hydrogen) atoms. The van der Waals surface area contributed by atoms with Crippen LogP contribution in [-0.2, 0) is 4.74 Å². The number of carbonyl (C=O) groups is 1. The summed E-state index contributed by atoms with van der Waals surface area (Å²) in [6.45, 7) is 4.54. The first-order chi connectivity index (χ1) is 10.5. The van der Waals surface area contributed by atoms with E-state index in [0.717, 1.165) is 31.0 Å². The predicted octanol–water partition coefficient (Wildman–Crippen LogP) is 1.66. The van der Waals surface area contributed by atoms with Crippen LogP contribution in [0.5, 0.6) is 0 Å². The first kappa shape index (κ1) is 16.8. The Morgan fingerprint density at radius 2 is 2.23 bits per heavy atom. The number of amides is 1. The minimum absolute atomic E-state index is 0.0519. The number of likely N-dealkylation sites (tertiary alicyclic amines) is 1. The number of rotatable bonds is 5. The lowest BCUT2D eigenvalue weighted by molar-refractivity contribution is 0.0824. The number of nitrogens with zero attached hydrogens (tertiary/aromatic N) is 4. The maximum atomic E-state index is 12.1. The van der Waals surface area contributed by atoms with E-state index in [0.29, 0.717) is 12.2 Å². The molecular weight excluding hydrogens is 280 g/mol. The second kappa shape index (κ2) is 7.65. The van der Waals surface area contributed by atoms with Gasteiger partial charge in [-0.3, -0.25) is 9.69 Å². The summed E-state index contributed by atoms with van der Waals surface area (Å²) in [4.78, 5) is 25.1. The van der Waals surface area contributed by atoms with Crippen molar-refractivity contribution in [1.82, 2.24) is 19.8 Å². The molecule has 1 fully saturated rings. The average Bonchev–Trinajstić information content (AvgIpc) is 2.52. The van der Waals surface area contributed by atoms with E-state index in [2.05, 4.69) is 14.9 Å². The van der Waals surface area contributed by atoms with Gasteiger partial charge < -0.3 is 9.64 Å². The van der Waals surface area contributed by atoms with Crippen LogP contribution in [0, 0.1) is 6.92 Å². The molecule has 1 amide bonds. The summed E-state index contributed by atoms with van der Waals surface area (Å²) >= 11 is 0. The van der Waals surface area contributed by atoms with E-state index >= 15 is 0 Å². The smallest absolute Gasteiger partial charge is 0.256 e. The van der Waals surface area contributed by atoms with Crippen molar-refractivity contribution >= 4 is 5.91 Å². The summed E-state index contributed by atoms with van der Waals surface area (Å²) in [6.07, 6.45) is 5.12. The van der Waals surface area contributed by atoms with Crippen LogP contribution < -0.4 is 0 Å². The normalized spacial score (nSPS) is 19.2. The fourth-order valence-corrected chi connectivity index (χ4v) is 2.86. The van der Waals surface area contributed by atoms with E-state index in [9.17, 15) is 4.79 Å². The number of methoxy groups -OCH3 is 1. The highest BCUT2D eigenvalue weighted by molar-refractivity contribution is 5.94. The molecule has 0 radical (unpaired) electrons. The third-order valence-electron chi connectivity index (χ3n) is 4.13. The van der Waals surface area contributed by atoms with Crippen molar-refractivity contribution in [3.05, 3.63) is 23.3 Å². The Bertz CT molecular complexity index is 519. The molecule has 0 aromatic carbocycles. The Kier molecular flexibility index (Phi) is 5.85. The standard InChI is InChI=1S/C16H26N4O2/c1-12-13(16(21)19(2)3)11-17-15(18-12)14-7-5-6-8-20(14)9-10-22-4/h11,14H,5-10H2,1-4H3/t14-/m1/s1. The molecule has 6 heteroatoms. The molecule has 122 valence electrons. The quantitative estimate of drug-likeness (QED) is 0.828. The molecule has 6 nitrogen and oxygen atoms in total. The highest BCUT2D eigenvalue weighted by Gasteiger charge is 2.26. The maximum Gasteiger partial charge on any atom is 0.256 e. The second-order valence-electron chi connectivity index (χ2n) is 5.97. The number of hydrogen-bond acceptors (Lipinski definition) is 5. The van der Waals surface area contributed by atoms with E-state index in [1.165, 1.54) is 12.8 Å². The van der Waals surface area contributed by atoms with Crippen LogP contribution in [-0.4, -0.2) is 66.6 Å². The van der Waals surface area contributed by atoms with E-state index in [-0.39, 0.29) is 11.9 Å². The Labute approximate surface area is 132 Å². The van der Waals surface area contributed by atoms with Crippen LogP contribution in [0.3, 0.4) is 0 Å². The van der Waals surface area contributed by atoms with Gasteiger partial charge in [0, 0.05) is 33.9 Å². The zero-order chi connectivity index (χ0) is 16.1. The number of piperidine rings is 1. The van der Waals surface area contributed by atoms with Crippen LogP contribution in [0.15, 0.2) is 6.20 Å². The van der Waals surface area contributed by atoms with Gasteiger partial charge in [-0.1, -0.05) is 6.42 Å². The van der Waals surface area contributed by atoms with E-state index in [1.807, 2.05) is 6.92 Å². The molecule has 1 aromatic rings. The van der Waals surface area contributed by atoms with Crippen LogP contribution in [0.2, 0.25) is 0 Å². The van der Waals surface area contributed by atoms with Gasteiger partial charge in [0.15, 0.2) is 0 Å². The highest BCUT2D eigenvalue weighted by atomic mass is 16.5. The molecule has 0 saturated carbocycles. The lowest BCUT2D eigenvalue weighted by Gasteiger charge is -2.34. The number of hydrogen-bond donors (Lipinski definition) is 0. The number of aryl methyl sites for hydroxylation is 1. The van der Waals surface area contributed by atoms with Crippen molar-refractivity contribution in [2.24, 2.45) is 0 Å². The Morgan fingerprint density at radius 3 is 2.86 bits per heavy atom. The lowest BCUT2D eigenvalue weighted by Crippen LogP contribution is -2.37. The van der Waals surface area contributed by atoms with Crippen molar-refractivity contribution in [3.8, 4) is 0 Å². The van der Waals surface area contributed by atoms with Gasteiger partial charge in [0.2, 0.25) is 0 Å². The molecule has 2 heterocycles. The van der Waals surface area contributed by atoms with Crippen LogP contribution >= 0.6 is 0 Å². The van der Waals surface area contributed by atoms with E-state index < -0.39 is 0 Å². The van der Waals surface area contributed by atoms with Gasteiger partial charge in [0.1, 0.15) is 5.82 Å². The van der Waals surface area contributed by atoms with Gasteiger partial charge >= 0.3 is 0 Å². The fourth-order valence-electron chi connectivity index (χ4n) is 2.86. The maximum absolute atomic E-state index is 12.1. The van der Waals surface area contributed by atoms with Gasteiger partial charge in [0.25, 0.3) is 5.91 Å². The molecule has 0 bridgehead atoms. The molecule has 0 spiro atoms. The van der Waals surface area contributed by atoms with Crippen LogP contribution in [0.4, 0.5) is 0 Å². The van der Waals surface area contributed by atoms with Gasteiger partial charge in [-0.15, -0.1) is 0 Å². The summed E-state index contributed by atoms with van der Waals surface area (Å²) in [6, 6.07) is 0.228. The van der Waals surface area contributed by atoms with Crippen molar-refractivity contribution < 1.29 is 9.53 Å². The molecule has 1 aromatic heterocycles. The first-order valence-corrected chi connectivity index (χ1v) is 7.82. The summed E-state index contributed by atoms with van der Waals surface area (Å²) in [7, 11) is 5.20. The zero-order valence-electron chi connectivity index (χ0n) is 14.0. The zero-order valence-corrected chi connectivity index (χ0v) is 14.0. The molecule has 0 N–H and O–H groups in total. The van der Waals surface area contributed by atoms with Gasteiger partial charge in [0.05, 0.1) is 23.9 Å². The van der Waals surface area contributed by atoms with E-state index in [4.69, 9.17) is 4.74 Å². The number of ether oxygens (including phenoxy) is 1. The van der Waals surface area contributed by atoms with Crippen molar-refractivity contribution in [1.29, 1.82) is 0 Å². The number of aromatic nitrogens is 2. The fraction of sp³-hybridized carbons (Fsp3) is 0.688. The highest BCUT2D eigenvalue weighted by Crippen LogP contribution is 2.28. The summed E-state index contributed by atoms with van der Waals surface area (Å²) in [5.74, 6) is 0.771. The molecule has 0 aliphatic carbocycles. The van der Waals surface area contributed by atoms with Crippen molar-refractivity contribution in [2.45, 2.75) is 32.2 Å². The third kappa shape index (κ3) is 3.81. The van der Waals surface area contributed by atoms with Gasteiger partial charge in [-0.25, -0.2) is 9.97 Å². The lowest BCUT2D eigenvalue weighted by atomic mass is 10.0. The largest absolute Gasteiger partial charge is 0.383 e. The van der Waals surface area contributed by atoms with Crippen LogP contribution in [0.25, 0.3) is 0 Å². The summed E-state index contributed by atoms with van der Waals surface area (Å²) < 4.78 is 5.20. The first-order valence-electron chi connectivity index (χ1n) is 7.82. The topological polar surface area (TPSA) is 58.6 Å². The molecular formula is C16H26N4O2. The van der Waals surface area contributed by atoms with Crippen LogP contribution in [0.1, 0.15) is 47.2 Å². The Morgan fingerprint density at radius 1 is 1.45 bits per heavy atom. The monoisotopic (exact) mass is 306 g/mol. The summed E-state index contributed by atoms with van der Waals surface area (Å²) in [5, 5.41) is 0. The van der Waals surface area contributed by atoms with Gasteiger partial charge in [-0.05, 0) is 26.3 Å².